The summed E-state index contributed by atoms with van der Waals surface area (Å²) in [5, 5.41) is 8.20. The minimum Gasteiger partial charge on any atom is -0.481 e. The average molecular weight is 372 g/mol. The molecule has 1 aliphatic heterocycles. The van der Waals surface area contributed by atoms with Crippen LogP contribution in [0.4, 0.5) is 0 Å². The van der Waals surface area contributed by atoms with Crippen LogP contribution in [0.3, 0.4) is 0 Å². The fourth-order valence-corrected chi connectivity index (χ4v) is 3.50. The number of carbonyl (C=O) groups is 1. The molecular weight excluding hydrogens is 344 g/mol. The SMILES string of the molecule is CCc1nc2n(n1)CC(NCc1cc(C)c(OCC(=O)OC)c(C)c1)CC2. The Balaban J connectivity index is 1.59. The van der Waals surface area contributed by atoms with E-state index in [1.165, 1.54) is 12.7 Å². The normalized spacial score (nSPS) is 16.1. The van der Waals surface area contributed by atoms with E-state index in [-0.39, 0.29) is 12.6 Å². The number of fused-ring (bicyclic) bond motifs is 1. The zero-order valence-corrected chi connectivity index (χ0v) is 16.5. The molecule has 0 radical (unpaired) electrons. The van der Waals surface area contributed by atoms with Gasteiger partial charge >= 0.3 is 5.97 Å². The maximum absolute atomic E-state index is 11.3. The number of hydrogen-bond acceptors (Lipinski definition) is 6. The third-order valence-corrected chi connectivity index (χ3v) is 4.90. The molecular formula is C20H28N4O3. The monoisotopic (exact) mass is 372 g/mol. The smallest absolute Gasteiger partial charge is 0.343 e. The molecule has 146 valence electrons. The largest absolute Gasteiger partial charge is 0.481 e. The summed E-state index contributed by atoms with van der Waals surface area (Å²) in [5.41, 5.74) is 3.24. The van der Waals surface area contributed by atoms with Crippen LogP contribution < -0.4 is 10.1 Å². The quantitative estimate of drug-likeness (QED) is 0.750. The van der Waals surface area contributed by atoms with E-state index in [0.29, 0.717) is 6.04 Å². The minimum absolute atomic E-state index is 0.0716. The van der Waals surface area contributed by atoms with E-state index in [4.69, 9.17) is 4.74 Å². The molecule has 1 aromatic carbocycles. The summed E-state index contributed by atoms with van der Waals surface area (Å²) in [4.78, 5) is 15.9. The van der Waals surface area contributed by atoms with Crippen molar-refractivity contribution in [3.63, 3.8) is 0 Å². The number of aryl methyl sites for hydroxylation is 4. The van der Waals surface area contributed by atoms with Crippen LogP contribution in [0.2, 0.25) is 0 Å². The first-order chi connectivity index (χ1) is 13.0. The number of esters is 1. The molecule has 3 rings (SSSR count). The van der Waals surface area contributed by atoms with Crippen molar-refractivity contribution < 1.29 is 14.3 Å². The Labute approximate surface area is 160 Å². The van der Waals surface area contributed by atoms with Crippen molar-refractivity contribution in [3.8, 4) is 5.75 Å². The van der Waals surface area contributed by atoms with Crippen LogP contribution in [-0.4, -0.2) is 40.5 Å². The molecule has 0 saturated heterocycles. The predicted molar refractivity (Wildman–Crippen MR) is 102 cm³/mol. The zero-order chi connectivity index (χ0) is 19.4. The van der Waals surface area contributed by atoms with Crippen LogP contribution >= 0.6 is 0 Å². The first kappa shape index (κ1) is 19.4. The molecule has 1 aromatic heterocycles. The first-order valence-corrected chi connectivity index (χ1v) is 9.45. The lowest BCUT2D eigenvalue weighted by atomic mass is 10.0. The van der Waals surface area contributed by atoms with Gasteiger partial charge < -0.3 is 14.8 Å². The summed E-state index contributed by atoms with van der Waals surface area (Å²) in [6.07, 6.45) is 2.91. The molecule has 0 fully saturated rings. The van der Waals surface area contributed by atoms with Crippen LogP contribution in [-0.2, 0) is 35.5 Å². The maximum atomic E-state index is 11.3. The fourth-order valence-electron chi connectivity index (χ4n) is 3.50. The van der Waals surface area contributed by atoms with Gasteiger partial charge in [-0.2, -0.15) is 5.10 Å². The highest BCUT2D eigenvalue weighted by molar-refractivity contribution is 5.71. The van der Waals surface area contributed by atoms with E-state index >= 15 is 0 Å². The van der Waals surface area contributed by atoms with Crippen LogP contribution in [0.25, 0.3) is 0 Å². The molecule has 1 aliphatic rings. The third kappa shape index (κ3) is 4.66. The third-order valence-electron chi connectivity index (χ3n) is 4.90. The topological polar surface area (TPSA) is 78.3 Å². The second kappa shape index (κ2) is 8.52. The summed E-state index contributed by atoms with van der Waals surface area (Å²) in [7, 11) is 1.36. The number of nitrogens with zero attached hydrogens (tertiary/aromatic N) is 3. The van der Waals surface area contributed by atoms with Gasteiger partial charge in [0.05, 0.1) is 13.7 Å². The number of aromatic nitrogens is 3. The lowest BCUT2D eigenvalue weighted by molar-refractivity contribution is -0.142. The number of nitrogens with one attached hydrogen (secondary N) is 1. The predicted octanol–water partition coefficient (Wildman–Crippen LogP) is 2.11. The van der Waals surface area contributed by atoms with E-state index in [9.17, 15) is 4.79 Å². The lowest BCUT2D eigenvalue weighted by Gasteiger charge is -2.24. The molecule has 1 N–H and O–H groups in total. The Kier molecular flexibility index (Phi) is 6.11. The van der Waals surface area contributed by atoms with E-state index < -0.39 is 0 Å². The van der Waals surface area contributed by atoms with E-state index in [1.807, 2.05) is 18.5 Å². The summed E-state index contributed by atoms with van der Waals surface area (Å²) in [5.74, 6) is 2.40. The summed E-state index contributed by atoms with van der Waals surface area (Å²) < 4.78 is 12.3. The van der Waals surface area contributed by atoms with Crippen LogP contribution in [0.5, 0.6) is 5.75 Å². The van der Waals surface area contributed by atoms with Gasteiger partial charge in [-0.3, -0.25) is 0 Å². The standard InChI is InChI=1S/C20H28N4O3/c1-5-17-22-18-7-6-16(11-24(18)23-17)21-10-15-8-13(2)20(14(3)9-15)27-12-19(25)26-4/h8-9,16,21H,5-7,10-12H2,1-4H3. The lowest BCUT2D eigenvalue weighted by Crippen LogP contribution is -2.37. The van der Waals surface area contributed by atoms with Crippen LogP contribution in [0.1, 0.15) is 41.7 Å². The molecule has 0 saturated carbocycles. The Morgan fingerprint density at radius 3 is 2.74 bits per heavy atom. The Morgan fingerprint density at radius 1 is 1.33 bits per heavy atom. The van der Waals surface area contributed by atoms with Crippen molar-refractivity contribution in [2.45, 2.75) is 59.2 Å². The van der Waals surface area contributed by atoms with E-state index in [0.717, 1.165) is 60.9 Å². The molecule has 1 atom stereocenters. The average Bonchev–Trinajstić information content (AvgIpc) is 3.07. The molecule has 1 unspecified atom stereocenters. The van der Waals surface area contributed by atoms with Crippen molar-refractivity contribution in [2.75, 3.05) is 13.7 Å². The zero-order valence-electron chi connectivity index (χ0n) is 16.5. The van der Waals surface area contributed by atoms with Crippen molar-refractivity contribution in [3.05, 3.63) is 40.5 Å². The number of benzene rings is 1. The Morgan fingerprint density at radius 2 is 2.07 bits per heavy atom. The van der Waals surface area contributed by atoms with Gasteiger partial charge in [-0.25, -0.2) is 14.5 Å². The van der Waals surface area contributed by atoms with Crippen molar-refractivity contribution in [1.82, 2.24) is 20.1 Å². The fraction of sp³-hybridized carbons (Fsp3) is 0.550. The van der Waals surface area contributed by atoms with E-state index in [1.54, 1.807) is 0 Å². The molecule has 7 nitrogen and oxygen atoms in total. The molecule has 0 spiro atoms. The minimum atomic E-state index is -0.379. The van der Waals surface area contributed by atoms with Gasteiger partial charge in [0.15, 0.2) is 12.4 Å². The molecule has 2 aromatic rings. The van der Waals surface area contributed by atoms with Crippen LogP contribution in [0, 0.1) is 13.8 Å². The van der Waals surface area contributed by atoms with Gasteiger partial charge in [0.2, 0.25) is 0 Å². The van der Waals surface area contributed by atoms with E-state index in [2.05, 4.69) is 39.2 Å². The van der Waals surface area contributed by atoms with Gasteiger partial charge in [-0.15, -0.1) is 0 Å². The van der Waals surface area contributed by atoms with Gasteiger partial charge in [0.1, 0.15) is 11.6 Å². The first-order valence-electron chi connectivity index (χ1n) is 9.45. The van der Waals surface area contributed by atoms with Gasteiger partial charge in [0, 0.05) is 25.4 Å². The van der Waals surface area contributed by atoms with Gasteiger partial charge in [-0.1, -0.05) is 19.1 Å². The highest BCUT2D eigenvalue weighted by atomic mass is 16.6. The number of rotatable bonds is 7. The molecule has 0 aliphatic carbocycles. The molecule has 2 heterocycles. The number of methoxy groups -OCH3 is 1. The highest BCUT2D eigenvalue weighted by Crippen LogP contribution is 2.25. The highest BCUT2D eigenvalue weighted by Gasteiger charge is 2.21. The van der Waals surface area contributed by atoms with Crippen molar-refractivity contribution in [1.29, 1.82) is 0 Å². The summed E-state index contributed by atoms with van der Waals surface area (Å²) >= 11 is 0. The summed E-state index contributed by atoms with van der Waals surface area (Å²) in [6, 6.07) is 4.59. The second-order valence-corrected chi connectivity index (χ2v) is 7.02. The maximum Gasteiger partial charge on any atom is 0.343 e. The molecule has 27 heavy (non-hydrogen) atoms. The summed E-state index contributed by atoms with van der Waals surface area (Å²) in [6.45, 7) is 7.66. The Hall–Kier alpha value is -2.41. The Bertz CT molecular complexity index is 793. The number of carbonyl (C=O) groups excluding carboxylic acids is 1. The van der Waals surface area contributed by atoms with Gasteiger partial charge in [0.25, 0.3) is 0 Å². The van der Waals surface area contributed by atoms with Gasteiger partial charge in [-0.05, 0) is 37.0 Å². The molecule has 7 heteroatoms. The van der Waals surface area contributed by atoms with Crippen LogP contribution in [0.15, 0.2) is 12.1 Å². The number of ether oxygens (including phenoxy) is 2. The van der Waals surface area contributed by atoms with Crippen molar-refractivity contribution in [2.24, 2.45) is 0 Å². The second-order valence-electron chi connectivity index (χ2n) is 7.02. The van der Waals surface area contributed by atoms with Crippen molar-refractivity contribution >= 4 is 5.97 Å². The molecule has 0 amide bonds. The molecule has 0 bridgehead atoms. The number of hydrogen-bond donors (Lipinski definition) is 1.